The average molecular weight is 306 g/mol. The molecule has 19 heavy (non-hydrogen) atoms. The van der Waals surface area contributed by atoms with Crippen LogP contribution in [0.3, 0.4) is 0 Å². The predicted octanol–water partition coefficient (Wildman–Crippen LogP) is 2.04. The molecule has 1 saturated heterocycles. The Hall–Kier alpha value is -0.840. The highest BCUT2D eigenvalue weighted by Crippen LogP contribution is 2.16. The smallest absolute Gasteiger partial charge is 0.272 e. The van der Waals surface area contributed by atoms with Crippen LogP contribution in [-0.4, -0.2) is 34.9 Å². The van der Waals surface area contributed by atoms with Crippen LogP contribution in [0.25, 0.3) is 0 Å². The van der Waals surface area contributed by atoms with E-state index in [-0.39, 0.29) is 36.8 Å². The van der Waals surface area contributed by atoms with Crippen LogP contribution in [0, 0.1) is 12.8 Å². The molecule has 0 radical (unpaired) electrons. The van der Waals surface area contributed by atoms with E-state index < -0.39 is 0 Å². The maximum atomic E-state index is 12.2. The first-order valence-electron chi connectivity index (χ1n) is 6.06. The molecule has 0 saturated carbocycles. The molecule has 1 aliphatic heterocycles. The quantitative estimate of drug-likeness (QED) is 0.864. The van der Waals surface area contributed by atoms with Crippen molar-refractivity contribution in [2.75, 3.05) is 13.1 Å². The highest BCUT2D eigenvalue weighted by molar-refractivity contribution is 5.92. The van der Waals surface area contributed by atoms with E-state index in [1.165, 1.54) is 0 Å². The van der Waals surface area contributed by atoms with E-state index in [2.05, 4.69) is 11.9 Å². The summed E-state index contributed by atoms with van der Waals surface area (Å²) in [5.74, 6) is 0.380. The minimum Gasteiger partial charge on any atom is -0.337 e. The van der Waals surface area contributed by atoms with Gasteiger partial charge in [-0.25, -0.2) is 4.98 Å². The van der Waals surface area contributed by atoms with Crippen molar-refractivity contribution >= 4 is 30.7 Å². The van der Waals surface area contributed by atoms with E-state index in [1.54, 1.807) is 6.07 Å². The molecule has 0 spiro atoms. The van der Waals surface area contributed by atoms with Crippen LogP contribution in [0.5, 0.6) is 0 Å². The van der Waals surface area contributed by atoms with Gasteiger partial charge in [-0.1, -0.05) is 13.0 Å². The van der Waals surface area contributed by atoms with Gasteiger partial charge in [-0.2, -0.15) is 0 Å². The standard InChI is InChI=1S/C13H19N3O.2ClH/c1-9-8-16(7-6-11(9)14)13(17)12-5-3-4-10(2)15-12;;/h3-5,9,11H,6-8,14H2,1-2H3;2*1H. The van der Waals surface area contributed by atoms with E-state index in [0.717, 1.165) is 25.2 Å². The lowest BCUT2D eigenvalue weighted by molar-refractivity contribution is 0.0658. The first-order chi connectivity index (χ1) is 8.08. The van der Waals surface area contributed by atoms with Crippen molar-refractivity contribution in [3.8, 4) is 0 Å². The third kappa shape index (κ3) is 4.34. The Bertz CT molecular complexity index is 428. The van der Waals surface area contributed by atoms with E-state index >= 15 is 0 Å². The van der Waals surface area contributed by atoms with Crippen LogP contribution >= 0.6 is 24.8 Å². The van der Waals surface area contributed by atoms with Gasteiger partial charge in [0.05, 0.1) is 0 Å². The molecule has 2 N–H and O–H groups in total. The number of aromatic nitrogens is 1. The van der Waals surface area contributed by atoms with Crippen LogP contribution < -0.4 is 5.73 Å². The molecule has 2 atom stereocenters. The summed E-state index contributed by atoms with van der Waals surface area (Å²) < 4.78 is 0. The highest BCUT2D eigenvalue weighted by Gasteiger charge is 2.27. The van der Waals surface area contributed by atoms with E-state index in [0.29, 0.717) is 11.6 Å². The van der Waals surface area contributed by atoms with Gasteiger partial charge in [-0.3, -0.25) is 4.79 Å². The topological polar surface area (TPSA) is 59.2 Å². The zero-order valence-corrected chi connectivity index (χ0v) is 12.8. The lowest BCUT2D eigenvalue weighted by atomic mass is 9.94. The number of hydrogen-bond acceptors (Lipinski definition) is 3. The number of carbonyl (C=O) groups is 1. The number of piperidine rings is 1. The Morgan fingerprint density at radius 3 is 2.68 bits per heavy atom. The van der Waals surface area contributed by atoms with Gasteiger partial charge in [0.1, 0.15) is 5.69 Å². The third-order valence-corrected chi connectivity index (χ3v) is 3.37. The van der Waals surface area contributed by atoms with Gasteiger partial charge in [0.15, 0.2) is 0 Å². The summed E-state index contributed by atoms with van der Waals surface area (Å²) in [4.78, 5) is 18.4. The molecule has 1 fully saturated rings. The van der Waals surface area contributed by atoms with Crippen molar-refractivity contribution in [3.05, 3.63) is 29.6 Å². The average Bonchev–Trinajstić information content (AvgIpc) is 2.32. The number of likely N-dealkylation sites (tertiary alicyclic amines) is 1. The van der Waals surface area contributed by atoms with Gasteiger partial charge in [-0.05, 0) is 31.4 Å². The fraction of sp³-hybridized carbons (Fsp3) is 0.538. The van der Waals surface area contributed by atoms with E-state index in [9.17, 15) is 4.79 Å². The normalized spacial score (nSPS) is 22.2. The highest BCUT2D eigenvalue weighted by atomic mass is 35.5. The van der Waals surface area contributed by atoms with Crippen LogP contribution in [0.1, 0.15) is 29.5 Å². The van der Waals surface area contributed by atoms with Gasteiger partial charge < -0.3 is 10.6 Å². The number of nitrogens with zero attached hydrogens (tertiary/aromatic N) is 2. The summed E-state index contributed by atoms with van der Waals surface area (Å²) in [5, 5.41) is 0. The maximum absolute atomic E-state index is 12.2. The number of pyridine rings is 1. The molecular formula is C13H21Cl2N3O. The molecule has 6 heteroatoms. The fourth-order valence-corrected chi connectivity index (χ4v) is 2.17. The van der Waals surface area contributed by atoms with Crippen molar-refractivity contribution in [3.63, 3.8) is 0 Å². The molecule has 0 aromatic carbocycles. The fourth-order valence-electron chi connectivity index (χ4n) is 2.17. The summed E-state index contributed by atoms with van der Waals surface area (Å²) in [6.45, 7) is 5.45. The number of amides is 1. The first kappa shape index (κ1) is 18.2. The number of hydrogen-bond donors (Lipinski definition) is 1. The minimum atomic E-state index is 0. The lowest BCUT2D eigenvalue weighted by Gasteiger charge is -2.34. The third-order valence-electron chi connectivity index (χ3n) is 3.37. The van der Waals surface area contributed by atoms with E-state index in [4.69, 9.17) is 5.73 Å². The summed E-state index contributed by atoms with van der Waals surface area (Å²) in [6.07, 6.45) is 0.874. The Balaban J connectivity index is 0.00000162. The second kappa shape index (κ2) is 7.68. The Kier molecular flexibility index (Phi) is 7.34. The number of halogens is 2. The van der Waals surface area contributed by atoms with Crippen molar-refractivity contribution in [1.82, 2.24) is 9.88 Å². The maximum Gasteiger partial charge on any atom is 0.272 e. The molecule has 2 heterocycles. The molecule has 2 unspecified atom stereocenters. The minimum absolute atomic E-state index is 0. The van der Waals surface area contributed by atoms with Gasteiger partial charge >= 0.3 is 0 Å². The zero-order valence-electron chi connectivity index (χ0n) is 11.2. The van der Waals surface area contributed by atoms with Crippen molar-refractivity contribution < 1.29 is 4.79 Å². The summed E-state index contributed by atoms with van der Waals surface area (Å²) in [7, 11) is 0. The molecule has 1 aromatic rings. The summed E-state index contributed by atoms with van der Waals surface area (Å²) in [5.41, 5.74) is 7.36. The predicted molar refractivity (Wildman–Crippen MR) is 81.1 cm³/mol. The first-order valence-corrected chi connectivity index (χ1v) is 6.06. The largest absolute Gasteiger partial charge is 0.337 e. The van der Waals surface area contributed by atoms with Crippen LogP contribution in [0.4, 0.5) is 0 Å². The van der Waals surface area contributed by atoms with Gasteiger partial charge in [-0.15, -0.1) is 24.8 Å². The zero-order chi connectivity index (χ0) is 12.4. The van der Waals surface area contributed by atoms with Crippen molar-refractivity contribution in [2.45, 2.75) is 26.3 Å². The molecule has 2 rings (SSSR count). The molecule has 0 bridgehead atoms. The van der Waals surface area contributed by atoms with Crippen LogP contribution in [0.2, 0.25) is 0 Å². The molecule has 0 aliphatic carbocycles. The number of nitrogens with two attached hydrogens (primary N) is 1. The molecule has 1 aliphatic rings. The molecule has 108 valence electrons. The Labute approximate surface area is 126 Å². The second-order valence-electron chi connectivity index (χ2n) is 4.85. The van der Waals surface area contributed by atoms with Crippen LogP contribution in [0.15, 0.2) is 18.2 Å². The number of carbonyl (C=O) groups excluding carboxylic acids is 1. The molecular weight excluding hydrogens is 285 g/mol. The Morgan fingerprint density at radius 1 is 1.42 bits per heavy atom. The summed E-state index contributed by atoms with van der Waals surface area (Å²) in [6, 6.07) is 5.75. The van der Waals surface area contributed by atoms with Crippen molar-refractivity contribution in [2.24, 2.45) is 11.7 Å². The van der Waals surface area contributed by atoms with E-state index in [1.807, 2.05) is 24.0 Å². The number of rotatable bonds is 1. The second-order valence-corrected chi connectivity index (χ2v) is 4.85. The summed E-state index contributed by atoms with van der Waals surface area (Å²) >= 11 is 0. The molecule has 1 amide bonds. The molecule has 4 nitrogen and oxygen atoms in total. The van der Waals surface area contributed by atoms with Gasteiger partial charge in [0, 0.05) is 24.8 Å². The molecule has 1 aromatic heterocycles. The monoisotopic (exact) mass is 305 g/mol. The Morgan fingerprint density at radius 2 is 2.11 bits per heavy atom. The lowest BCUT2D eigenvalue weighted by Crippen LogP contribution is -2.48. The van der Waals surface area contributed by atoms with Crippen LogP contribution in [-0.2, 0) is 0 Å². The van der Waals surface area contributed by atoms with Crippen molar-refractivity contribution in [1.29, 1.82) is 0 Å². The van der Waals surface area contributed by atoms with Gasteiger partial charge in [0.25, 0.3) is 5.91 Å². The number of aryl methyl sites for hydroxylation is 1. The SMILES string of the molecule is Cc1cccc(C(=O)N2CCC(N)C(C)C2)n1.Cl.Cl. The van der Waals surface area contributed by atoms with Gasteiger partial charge in [0.2, 0.25) is 0 Å².